The van der Waals surface area contributed by atoms with Gasteiger partial charge in [-0.15, -0.1) is 0 Å². The van der Waals surface area contributed by atoms with Gasteiger partial charge in [-0.05, 0) is 24.7 Å². The van der Waals surface area contributed by atoms with Crippen molar-refractivity contribution >= 4 is 6.08 Å². The van der Waals surface area contributed by atoms with E-state index in [4.69, 9.17) is 5.11 Å². The lowest BCUT2D eigenvalue weighted by Gasteiger charge is -2.00. The van der Waals surface area contributed by atoms with Gasteiger partial charge in [0.15, 0.2) is 0 Å². The Morgan fingerprint density at radius 1 is 1.50 bits per heavy atom. The second-order valence-electron chi connectivity index (χ2n) is 2.97. The van der Waals surface area contributed by atoms with Crippen LogP contribution in [0.2, 0.25) is 0 Å². The highest BCUT2D eigenvalue weighted by molar-refractivity contribution is 5.51. The Morgan fingerprint density at radius 3 is 2.93 bits per heavy atom. The van der Waals surface area contributed by atoms with E-state index in [9.17, 15) is 4.39 Å². The number of halogens is 1. The standard InChI is InChI=1S/C11H14FNO/c1-13-6-2-3-10-7-9(8-14)4-5-11(10)12/h2-5,7,13-14H,6,8H2,1H3. The molecule has 0 saturated heterocycles. The third-order valence-electron chi connectivity index (χ3n) is 1.86. The van der Waals surface area contributed by atoms with E-state index in [1.807, 2.05) is 13.1 Å². The molecule has 2 nitrogen and oxygen atoms in total. The van der Waals surface area contributed by atoms with Crippen LogP contribution >= 0.6 is 0 Å². The van der Waals surface area contributed by atoms with E-state index in [1.54, 1.807) is 18.2 Å². The zero-order valence-electron chi connectivity index (χ0n) is 8.13. The smallest absolute Gasteiger partial charge is 0.130 e. The molecule has 76 valence electrons. The molecule has 0 unspecified atom stereocenters. The predicted molar refractivity (Wildman–Crippen MR) is 55.3 cm³/mol. The minimum atomic E-state index is -0.269. The van der Waals surface area contributed by atoms with E-state index in [-0.39, 0.29) is 12.4 Å². The molecule has 14 heavy (non-hydrogen) atoms. The van der Waals surface area contributed by atoms with E-state index in [2.05, 4.69) is 5.32 Å². The molecule has 0 bridgehead atoms. The third-order valence-corrected chi connectivity index (χ3v) is 1.86. The zero-order valence-corrected chi connectivity index (χ0v) is 8.13. The molecule has 0 saturated carbocycles. The third kappa shape index (κ3) is 2.94. The Hall–Kier alpha value is -1.19. The minimum Gasteiger partial charge on any atom is -0.392 e. The second-order valence-corrected chi connectivity index (χ2v) is 2.97. The average Bonchev–Trinajstić information content (AvgIpc) is 2.21. The van der Waals surface area contributed by atoms with E-state index < -0.39 is 0 Å². The summed E-state index contributed by atoms with van der Waals surface area (Å²) in [5.74, 6) is -0.269. The van der Waals surface area contributed by atoms with Crippen LogP contribution in [0.1, 0.15) is 11.1 Å². The number of aliphatic hydroxyl groups is 1. The van der Waals surface area contributed by atoms with Gasteiger partial charge in [0.25, 0.3) is 0 Å². The van der Waals surface area contributed by atoms with Gasteiger partial charge in [-0.25, -0.2) is 4.39 Å². The van der Waals surface area contributed by atoms with Crippen LogP contribution < -0.4 is 5.32 Å². The molecule has 1 rings (SSSR count). The first-order chi connectivity index (χ1) is 6.77. The quantitative estimate of drug-likeness (QED) is 0.764. The van der Waals surface area contributed by atoms with Crippen LogP contribution in [0, 0.1) is 5.82 Å². The summed E-state index contributed by atoms with van der Waals surface area (Å²) in [7, 11) is 1.82. The fourth-order valence-electron chi connectivity index (χ4n) is 1.12. The molecule has 0 fully saturated rings. The van der Waals surface area contributed by atoms with Gasteiger partial charge in [0, 0.05) is 12.1 Å². The van der Waals surface area contributed by atoms with E-state index in [0.29, 0.717) is 12.1 Å². The molecule has 0 heterocycles. The maximum Gasteiger partial charge on any atom is 0.130 e. The zero-order chi connectivity index (χ0) is 10.4. The first-order valence-electron chi connectivity index (χ1n) is 4.48. The lowest BCUT2D eigenvalue weighted by atomic mass is 10.1. The number of aliphatic hydroxyl groups excluding tert-OH is 1. The Balaban J connectivity index is 2.83. The highest BCUT2D eigenvalue weighted by Crippen LogP contribution is 2.12. The van der Waals surface area contributed by atoms with Crippen molar-refractivity contribution in [3.05, 3.63) is 41.2 Å². The maximum atomic E-state index is 13.2. The lowest BCUT2D eigenvalue weighted by molar-refractivity contribution is 0.281. The van der Waals surface area contributed by atoms with Crippen molar-refractivity contribution in [1.29, 1.82) is 0 Å². The number of hydrogen-bond acceptors (Lipinski definition) is 2. The van der Waals surface area contributed by atoms with Gasteiger partial charge in [0.05, 0.1) is 6.61 Å². The number of hydrogen-bond donors (Lipinski definition) is 2. The second kappa shape index (κ2) is 5.52. The summed E-state index contributed by atoms with van der Waals surface area (Å²) < 4.78 is 13.2. The minimum absolute atomic E-state index is 0.0624. The SMILES string of the molecule is CNCC=Cc1cc(CO)ccc1F. The molecule has 3 heteroatoms. The lowest BCUT2D eigenvalue weighted by Crippen LogP contribution is -2.03. The van der Waals surface area contributed by atoms with Crippen LogP contribution in [0.15, 0.2) is 24.3 Å². The summed E-state index contributed by atoms with van der Waals surface area (Å²) in [5, 5.41) is 11.8. The Morgan fingerprint density at radius 2 is 2.29 bits per heavy atom. The van der Waals surface area contributed by atoms with Crippen molar-refractivity contribution in [3.8, 4) is 0 Å². The van der Waals surface area contributed by atoms with Crippen LogP contribution in [0.5, 0.6) is 0 Å². The number of rotatable bonds is 4. The maximum absolute atomic E-state index is 13.2. The molecule has 0 aliphatic heterocycles. The van der Waals surface area contributed by atoms with Gasteiger partial charge in [0.2, 0.25) is 0 Å². The normalized spacial score (nSPS) is 11.1. The summed E-state index contributed by atoms with van der Waals surface area (Å²) in [6, 6.07) is 4.58. The highest BCUT2D eigenvalue weighted by atomic mass is 19.1. The van der Waals surface area contributed by atoms with E-state index in [0.717, 1.165) is 5.56 Å². The Kier molecular flexibility index (Phi) is 4.29. The molecule has 0 radical (unpaired) electrons. The Labute approximate surface area is 83.1 Å². The van der Waals surface area contributed by atoms with Gasteiger partial charge in [0.1, 0.15) is 5.82 Å². The molecule has 0 aromatic heterocycles. The van der Waals surface area contributed by atoms with Crippen molar-refractivity contribution in [2.24, 2.45) is 0 Å². The summed E-state index contributed by atoms with van der Waals surface area (Å²) >= 11 is 0. The van der Waals surface area contributed by atoms with Crippen molar-refractivity contribution in [2.45, 2.75) is 6.61 Å². The molecule has 1 aromatic carbocycles. The van der Waals surface area contributed by atoms with E-state index in [1.165, 1.54) is 6.07 Å². The fourth-order valence-corrected chi connectivity index (χ4v) is 1.12. The van der Waals surface area contributed by atoms with Crippen molar-refractivity contribution in [3.63, 3.8) is 0 Å². The van der Waals surface area contributed by atoms with Crippen molar-refractivity contribution < 1.29 is 9.50 Å². The largest absolute Gasteiger partial charge is 0.392 e. The monoisotopic (exact) mass is 195 g/mol. The van der Waals surface area contributed by atoms with Crippen molar-refractivity contribution in [2.75, 3.05) is 13.6 Å². The molecular formula is C11H14FNO. The van der Waals surface area contributed by atoms with Crippen LogP contribution in [0.25, 0.3) is 6.08 Å². The van der Waals surface area contributed by atoms with Crippen LogP contribution in [0.3, 0.4) is 0 Å². The Bertz CT molecular complexity index is 323. The van der Waals surface area contributed by atoms with Gasteiger partial charge in [-0.3, -0.25) is 0 Å². The molecule has 0 atom stereocenters. The first-order valence-corrected chi connectivity index (χ1v) is 4.48. The summed E-state index contributed by atoms with van der Waals surface area (Å²) in [6.07, 6.45) is 3.53. The van der Waals surface area contributed by atoms with Crippen LogP contribution in [0.4, 0.5) is 4.39 Å². The van der Waals surface area contributed by atoms with Gasteiger partial charge < -0.3 is 10.4 Å². The fraction of sp³-hybridized carbons (Fsp3) is 0.273. The summed E-state index contributed by atoms with van der Waals surface area (Å²) in [6.45, 7) is 0.635. The van der Waals surface area contributed by atoms with Crippen LogP contribution in [-0.2, 0) is 6.61 Å². The van der Waals surface area contributed by atoms with Crippen molar-refractivity contribution in [1.82, 2.24) is 5.32 Å². The highest BCUT2D eigenvalue weighted by Gasteiger charge is 1.99. The number of nitrogens with one attached hydrogen (secondary N) is 1. The molecule has 0 spiro atoms. The molecule has 0 aliphatic rings. The molecular weight excluding hydrogens is 181 g/mol. The van der Waals surface area contributed by atoms with Gasteiger partial charge in [-0.2, -0.15) is 0 Å². The number of benzene rings is 1. The molecule has 1 aromatic rings. The average molecular weight is 195 g/mol. The molecule has 0 aliphatic carbocycles. The predicted octanol–water partition coefficient (Wildman–Crippen LogP) is 1.55. The molecule has 0 amide bonds. The topological polar surface area (TPSA) is 32.3 Å². The first kappa shape index (κ1) is 10.9. The van der Waals surface area contributed by atoms with E-state index >= 15 is 0 Å². The number of likely N-dealkylation sites (N-methyl/N-ethyl adjacent to an activating group) is 1. The van der Waals surface area contributed by atoms with Gasteiger partial charge in [-0.1, -0.05) is 18.2 Å². The summed E-state index contributed by atoms with van der Waals surface area (Å²) in [4.78, 5) is 0. The molecule has 2 N–H and O–H groups in total. The summed E-state index contributed by atoms with van der Waals surface area (Å²) in [5.41, 5.74) is 1.22. The van der Waals surface area contributed by atoms with Gasteiger partial charge >= 0.3 is 0 Å². The van der Waals surface area contributed by atoms with Crippen LogP contribution in [-0.4, -0.2) is 18.7 Å².